The van der Waals surface area contributed by atoms with Gasteiger partial charge < -0.3 is 15.8 Å². The van der Waals surface area contributed by atoms with Gasteiger partial charge in [0.25, 0.3) is 0 Å². The first kappa shape index (κ1) is 8.86. The van der Waals surface area contributed by atoms with Gasteiger partial charge in [-0.1, -0.05) is 0 Å². The summed E-state index contributed by atoms with van der Waals surface area (Å²) in [6, 6.07) is 1.40. The third kappa shape index (κ3) is 1.19. The lowest BCUT2D eigenvalue weighted by atomic mass is 10.1. The van der Waals surface area contributed by atoms with Crippen molar-refractivity contribution in [2.45, 2.75) is 18.5 Å². The molecule has 14 heavy (non-hydrogen) atoms. The summed E-state index contributed by atoms with van der Waals surface area (Å²) in [4.78, 5) is 13.2. The molecule has 1 aliphatic carbocycles. The molecule has 1 fully saturated rings. The van der Waals surface area contributed by atoms with Crippen LogP contribution in [0.15, 0.2) is 12.3 Å². The van der Waals surface area contributed by atoms with Gasteiger partial charge in [0.15, 0.2) is 0 Å². The van der Waals surface area contributed by atoms with Crippen molar-refractivity contribution in [3.8, 4) is 0 Å². The number of nitrogens with zero attached hydrogens (tertiary/aromatic N) is 2. The molecule has 1 heterocycles. The molecule has 1 aromatic rings. The predicted molar refractivity (Wildman–Crippen MR) is 47.3 cm³/mol. The number of anilines is 1. The molecule has 2 N–H and O–H groups in total. The molecule has 0 radical (unpaired) electrons. The first-order valence-corrected chi connectivity index (χ1v) is 4.13. The quantitative estimate of drug-likeness (QED) is 0.575. The maximum Gasteiger partial charge on any atom is 0.387 e. The first-order valence-electron chi connectivity index (χ1n) is 4.13. The van der Waals surface area contributed by atoms with Gasteiger partial charge in [-0.15, -0.1) is 0 Å². The van der Waals surface area contributed by atoms with Gasteiger partial charge in [0.05, 0.1) is 0 Å². The van der Waals surface area contributed by atoms with Gasteiger partial charge in [-0.2, -0.15) is 0 Å². The monoisotopic (exact) mass is 197 g/mol. The van der Waals surface area contributed by atoms with E-state index in [0.29, 0.717) is 12.8 Å². The van der Waals surface area contributed by atoms with E-state index >= 15 is 0 Å². The summed E-state index contributed by atoms with van der Waals surface area (Å²) in [5, 5.41) is 10.5. The Morgan fingerprint density at radius 2 is 2.29 bits per heavy atom. The Morgan fingerprint density at radius 1 is 1.64 bits per heavy atom. The zero-order chi connectivity index (χ0) is 10.3. The van der Waals surface area contributed by atoms with Crippen LogP contribution in [0.2, 0.25) is 0 Å². The van der Waals surface area contributed by atoms with Crippen LogP contribution < -0.4 is 5.73 Å². The highest BCUT2D eigenvalue weighted by Crippen LogP contribution is 2.52. The van der Waals surface area contributed by atoms with Crippen molar-refractivity contribution in [2.75, 3.05) is 5.73 Å². The number of halogens is 1. The molecule has 1 aromatic heterocycles. The van der Waals surface area contributed by atoms with Gasteiger partial charge in [0.2, 0.25) is 0 Å². The number of nitro groups is 1. The van der Waals surface area contributed by atoms with Crippen LogP contribution in [0, 0.1) is 10.1 Å². The SMILES string of the molecule is Nc1c(C2(F)CC2)ccnc1[N+](=O)[O-]. The minimum absolute atomic E-state index is 0.155. The molecule has 5 nitrogen and oxygen atoms in total. The Hall–Kier alpha value is -1.72. The molecule has 0 unspecified atom stereocenters. The molecule has 1 saturated carbocycles. The topological polar surface area (TPSA) is 82.0 Å². The Kier molecular flexibility index (Phi) is 1.67. The van der Waals surface area contributed by atoms with Gasteiger partial charge in [-0.25, -0.2) is 4.39 Å². The Morgan fingerprint density at radius 3 is 2.79 bits per heavy atom. The second kappa shape index (κ2) is 2.63. The van der Waals surface area contributed by atoms with Crippen LogP contribution in [0.1, 0.15) is 18.4 Å². The van der Waals surface area contributed by atoms with Crippen molar-refractivity contribution in [3.05, 3.63) is 27.9 Å². The van der Waals surface area contributed by atoms with Crippen LogP contribution in [0.25, 0.3) is 0 Å². The summed E-state index contributed by atoms with van der Waals surface area (Å²) in [6.07, 6.45) is 1.96. The van der Waals surface area contributed by atoms with Gasteiger partial charge in [0, 0.05) is 5.56 Å². The van der Waals surface area contributed by atoms with Crippen LogP contribution in [-0.4, -0.2) is 9.91 Å². The second-order valence-electron chi connectivity index (χ2n) is 3.32. The smallest absolute Gasteiger partial charge is 0.387 e. The van der Waals surface area contributed by atoms with E-state index in [1.165, 1.54) is 12.3 Å². The van der Waals surface area contributed by atoms with Crippen molar-refractivity contribution in [3.63, 3.8) is 0 Å². The molecular weight excluding hydrogens is 189 g/mol. The fourth-order valence-electron chi connectivity index (χ4n) is 1.38. The molecular formula is C8H8FN3O2. The average molecular weight is 197 g/mol. The summed E-state index contributed by atoms with van der Waals surface area (Å²) < 4.78 is 13.6. The number of alkyl halides is 1. The van der Waals surface area contributed by atoms with Crippen molar-refractivity contribution in [1.29, 1.82) is 0 Å². The van der Waals surface area contributed by atoms with E-state index < -0.39 is 16.4 Å². The van der Waals surface area contributed by atoms with E-state index in [9.17, 15) is 14.5 Å². The van der Waals surface area contributed by atoms with E-state index in [-0.39, 0.29) is 11.3 Å². The van der Waals surface area contributed by atoms with E-state index in [2.05, 4.69) is 4.98 Å². The largest absolute Gasteiger partial charge is 0.391 e. The number of rotatable bonds is 2. The molecule has 6 heteroatoms. The molecule has 0 atom stereocenters. The van der Waals surface area contributed by atoms with Crippen molar-refractivity contribution < 1.29 is 9.31 Å². The number of pyridine rings is 1. The molecule has 0 saturated heterocycles. The van der Waals surface area contributed by atoms with E-state index in [1.807, 2.05) is 0 Å². The number of nitrogen functional groups attached to an aromatic ring is 1. The molecule has 2 rings (SSSR count). The maximum atomic E-state index is 13.6. The lowest BCUT2D eigenvalue weighted by Gasteiger charge is -2.07. The predicted octanol–water partition coefficient (Wildman–Crippen LogP) is 1.53. The van der Waals surface area contributed by atoms with Crippen LogP contribution in [0.5, 0.6) is 0 Å². The summed E-state index contributed by atoms with van der Waals surface area (Å²) >= 11 is 0. The fraction of sp³-hybridized carbons (Fsp3) is 0.375. The van der Waals surface area contributed by atoms with Crippen LogP contribution in [-0.2, 0) is 5.67 Å². The Bertz CT molecular complexity index is 404. The number of nitrogens with two attached hydrogens (primary N) is 1. The summed E-state index contributed by atoms with van der Waals surface area (Å²) in [5.74, 6) is -0.466. The van der Waals surface area contributed by atoms with Gasteiger partial charge in [-0.05, 0) is 28.8 Å². The fourth-order valence-corrected chi connectivity index (χ4v) is 1.38. The lowest BCUT2D eigenvalue weighted by molar-refractivity contribution is -0.388. The zero-order valence-corrected chi connectivity index (χ0v) is 7.24. The third-order valence-electron chi connectivity index (χ3n) is 2.31. The number of hydrogen-bond donors (Lipinski definition) is 1. The summed E-state index contributed by atoms with van der Waals surface area (Å²) in [7, 11) is 0. The lowest BCUT2D eigenvalue weighted by Crippen LogP contribution is -2.07. The van der Waals surface area contributed by atoms with Gasteiger partial charge >= 0.3 is 5.82 Å². The van der Waals surface area contributed by atoms with Crippen LogP contribution in [0.3, 0.4) is 0 Å². The molecule has 0 spiro atoms. The summed E-state index contributed by atoms with van der Waals surface area (Å²) in [5.41, 5.74) is 4.04. The molecule has 0 aromatic carbocycles. The van der Waals surface area contributed by atoms with Crippen LogP contribution >= 0.6 is 0 Å². The van der Waals surface area contributed by atoms with Gasteiger partial charge in [0.1, 0.15) is 17.6 Å². The second-order valence-corrected chi connectivity index (χ2v) is 3.32. The van der Waals surface area contributed by atoms with E-state index in [1.54, 1.807) is 0 Å². The third-order valence-corrected chi connectivity index (χ3v) is 2.31. The van der Waals surface area contributed by atoms with Crippen LogP contribution in [0.4, 0.5) is 15.9 Å². The van der Waals surface area contributed by atoms with Crippen molar-refractivity contribution in [1.82, 2.24) is 4.98 Å². The average Bonchev–Trinajstić information content (AvgIpc) is 2.84. The number of hydrogen-bond acceptors (Lipinski definition) is 4. The highest BCUT2D eigenvalue weighted by atomic mass is 19.1. The highest BCUT2D eigenvalue weighted by Gasteiger charge is 2.47. The molecule has 0 amide bonds. The maximum absolute atomic E-state index is 13.6. The Labute approximate surface area is 78.9 Å². The zero-order valence-electron chi connectivity index (χ0n) is 7.24. The standard InChI is InChI=1S/C8H8FN3O2/c9-8(2-3-8)5-1-4-11-7(6(5)10)12(13)14/h1,4H,2-3,10H2. The van der Waals surface area contributed by atoms with E-state index in [0.717, 1.165) is 0 Å². The minimum Gasteiger partial charge on any atom is -0.391 e. The Balaban J connectivity index is 2.52. The molecule has 1 aliphatic rings. The van der Waals surface area contributed by atoms with Gasteiger partial charge in [-0.3, -0.25) is 0 Å². The normalized spacial score (nSPS) is 17.8. The molecule has 0 bridgehead atoms. The van der Waals surface area contributed by atoms with E-state index in [4.69, 9.17) is 5.73 Å². The molecule has 0 aliphatic heterocycles. The first-order chi connectivity index (χ1) is 6.54. The van der Waals surface area contributed by atoms with Crippen molar-refractivity contribution >= 4 is 11.5 Å². The highest BCUT2D eigenvalue weighted by molar-refractivity contribution is 5.61. The number of aromatic nitrogens is 1. The van der Waals surface area contributed by atoms with Crippen molar-refractivity contribution in [2.24, 2.45) is 0 Å². The minimum atomic E-state index is -1.46. The summed E-state index contributed by atoms with van der Waals surface area (Å²) in [6.45, 7) is 0. The molecule has 74 valence electrons.